The van der Waals surface area contributed by atoms with Crippen molar-refractivity contribution in [2.75, 3.05) is 0 Å². The van der Waals surface area contributed by atoms with Crippen molar-refractivity contribution in [3.63, 3.8) is 0 Å². The van der Waals surface area contributed by atoms with Gasteiger partial charge in [-0.25, -0.2) is 4.98 Å². The molecule has 4 nitrogen and oxygen atoms in total. The first-order chi connectivity index (χ1) is 6.65. The lowest BCUT2D eigenvalue weighted by Crippen LogP contribution is -1.98. The molecule has 0 bridgehead atoms. The number of rotatable bonds is 4. The lowest BCUT2D eigenvalue weighted by atomic mass is 10.1. The van der Waals surface area contributed by atoms with Crippen molar-refractivity contribution in [2.45, 2.75) is 26.2 Å². The van der Waals surface area contributed by atoms with Crippen LogP contribution in [0.2, 0.25) is 5.15 Å². The maximum absolute atomic E-state index is 10.6. The van der Waals surface area contributed by atoms with E-state index < -0.39 is 4.92 Å². The predicted molar refractivity (Wildman–Crippen MR) is 54.5 cm³/mol. The lowest BCUT2D eigenvalue weighted by molar-refractivity contribution is -0.385. The molecule has 1 aromatic rings. The second kappa shape index (κ2) is 4.91. The molecule has 0 fully saturated rings. The van der Waals surface area contributed by atoms with Crippen molar-refractivity contribution in [3.05, 3.63) is 33.1 Å². The van der Waals surface area contributed by atoms with Crippen molar-refractivity contribution in [3.8, 4) is 0 Å². The van der Waals surface area contributed by atoms with Gasteiger partial charge < -0.3 is 0 Å². The fourth-order valence-corrected chi connectivity index (χ4v) is 1.33. The maximum Gasteiger partial charge on any atom is 0.290 e. The van der Waals surface area contributed by atoms with E-state index in [1.165, 1.54) is 12.1 Å². The van der Waals surface area contributed by atoms with Gasteiger partial charge >= 0.3 is 0 Å². The fraction of sp³-hybridized carbons (Fsp3) is 0.444. The largest absolute Gasteiger partial charge is 0.290 e. The van der Waals surface area contributed by atoms with Crippen molar-refractivity contribution in [1.82, 2.24) is 4.98 Å². The molecule has 0 N–H and O–H groups in total. The summed E-state index contributed by atoms with van der Waals surface area (Å²) in [5.41, 5.74) is 0.534. The molecule has 0 unspecified atom stereocenters. The maximum atomic E-state index is 10.6. The van der Waals surface area contributed by atoms with Crippen LogP contribution in [0.5, 0.6) is 0 Å². The zero-order chi connectivity index (χ0) is 10.6. The number of pyridine rings is 1. The Kier molecular flexibility index (Phi) is 3.83. The van der Waals surface area contributed by atoms with Gasteiger partial charge in [-0.1, -0.05) is 24.9 Å². The van der Waals surface area contributed by atoms with Gasteiger partial charge in [0.25, 0.3) is 5.69 Å². The fourth-order valence-electron chi connectivity index (χ4n) is 1.16. The van der Waals surface area contributed by atoms with Crippen LogP contribution in [-0.4, -0.2) is 9.91 Å². The van der Waals surface area contributed by atoms with Crippen molar-refractivity contribution >= 4 is 17.3 Å². The average molecular weight is 215 g/mol. The molecule has 1 rings (SSSR count). The Bertz CT molecular complexity index is 342. The summed E-state index contributed by atoms with van der Waals surface area (Å²) in [6.45, 7) is 2.02. The lowest BCUT2D eigenvalue weighted by Gasteiger charge is -2.00. The van der Waals surface area contributed by atoms with Crippen LogP contribution in [0.3, 0.4) is 0 Å². The number of hydrogen-bond acceptors (Lipinski definition) is 3. The van der Waals surface area contributed by atoms with Crippen LogP contribution in [0.1, 0.15) is 25.5 Å². The Hall–Kier alpha value is -1.16. The molecular formula is C9H11ClN2O2. The Labute approximate surface area is 87.1 Å². The Morgan fingerprint density at radius 1 is 1.57 bits per heavy atom. The average Bonchev–Trinajstić information content (AvgIpc) is 2.14. The first-order valence-corrected chi connectivity index (χ1v) is 4.82. The van der Waals surface area contributed by atoms with Crippen LogP contribution in [0.25, 0.3) is 0 Å². The molecule has 0 aromatic carbocycles. The molecule has 0 saturated carbocycles. The first kappa shape index (κ1) is 10.9. The molecular weight excluding hydrogens is 204 g/mol. The van der Waals surface area contributed by atoms with E-state index in [4.69, 9.17) is 11.6 Å². The summed E-state index contributed by atoms with van der Waals surface area (Å²) in [5, 5.41) is 10.9. The zero-order valence-corrected chi connectivity index (χ0v) is 8.62. The predicted octanol–water partition coefficient (Wildman–Crippen LogP) is 2.99. The Balaban J connectivity index is 2.97. The standard InChI is InChI=1S/C9H11ClN2O2/c1-2-3-4-7-8(12(13)14)5-6-9(10)11-7/h5-6H,2-4H2,1H3. The van der Waals surface area contributed by atoms with E-state index in [-0.39, 0.29) is 5.69 Å². The molecule has 0 atom stereocenters. The van der Waals surface area contributed by atoms with E-state index in [1.807, 2.05) is 6.92 Å². The smallest absolute Gasteiger partial charge is 0.258 e. The molecule has 14 heavy (non-hydrogen) atoms. The highest BCUT2D eigenvalue weighted by Crippen LogP contribution is 2.20. The quantitative estimate of drug-likeness (QED) is 0.440. The number of nitro groups is 1. The topological polar surface area (TPSA) is 56.0 Å². The third-order valence-electron chi connectivity index (χ3n) is 1.88. The molecule has 0 radical (unpaired) electrons. The van der Waals surface area contributed by atoms with Gasteiger partial charge in [-0.15, -0.1) is 0 Å². The highest BCUT2D eigenvalue weighted by Gasteiger charge is 2.14. The minimum atomic E-state index is -0.422. The normalized spacial score (nSPS) is 10.1. The van der Waals surface area contributed by atoms with Crippen LogP contribution in [-0.2, 0) is 6.42 Å². The molecule has 1 aromatic heterocycles. The molecule has 0 aliphatic rings. The third kappa shape index (κ3) is 2.67. The zero-order valence-electron chi connectivity index (χ0n) is 7.86. The van der Waals surface area contributed by atoms with E-state index in [0.29, 0.717) is 17.3 Å². The van der Waals surface area contributed by atoms with Crippen molar-refractivity contribution in [2.24, 2.45) is 0 Å². The number of aromatic nitrogens is 1. The number of hydrogen-bond donors (Lipinski definition) is 0. The summed E-state index contributed by atoms with van der Waals surface area (Å²) in [7, 11) is 0. The third-order valence-corrected chi connectivity index (χ3v) is 2.09. The van der Waals surface area contributed by atoms with Crippen LogP contribution in [0.4, 0.5) is 5.69 Å². The van der Waals surface area contributed by atoms with Crippen LogP contribution < -0.4 is 0 Å². The summed E-state index contributed by atoms with van der Waals surface area (Å²) >= 11 is 5.67. The second-order valence-electron chi connectivity index (χ2n) is 2.96. The molecule has 0 aliphatic heterocycles. The molecule has 0 saturated heterocycles. The first-order valence-electron chi connectivity index (χ1n) is 4.45. The summed E-state index contributed by atoms with van der Waals surface area (Å²) in [6.07, 6.45) is 2.47. The summed E-state index contributed by atoms with van der Waals surface area (Å²) in [5.74, 6) is 0. The monoisotopic (exact) mass is 214 g/mol. The van der Waals surface area contributed by atoms with Gasteiger partial charge in [0.05, 0.1) is 4.92 Å². The SMILES string of the molecule is CCCCc1nc(Cl)ccc1[N+](=O)[O-]. The highest BCUT2D eigenvalue weighted by atomic mass is 35.5. The minimum Gasteiger partial charge on any atom is -0.258 e. The Morgan fingerprint density at radius 3 is 2.86 bits per heavy atom. The summed E-state index contributed by atoms with van der Waals surface area (Å²) in [6, 6.07) is 2.84. The van der Waals surface area contributed by atoms with Gasteiger partial charge in [-0.2, -0.15) is 0 Å². The summed E-state index contributed by atoms with van der Waals surface area (Å²) < 4.78 is 0. The van der Waals surface area contributed by atoms with Gasteiger partial charge in [0.1, 0.15) is 10.8 Å². The molecule has 5 heteroatoms. The van der Waals surface area contributed by atoms with Crippen molar-refractivity contribution in [1.29, 1.82) is 0 Å². The highest BCUT2D eigenvalue weighted by molar-refractivity contribution is 6.29. The van der Waals surface area contributed by atoms with E-state index in [2.05, 4.69) is 4.98 Å². The van der Waals surface area contributed by atoms with E-state index >= 15 is 0 Å². The van der Waals surface area contributed by atoms with Gasteiger partial charge in [0.2, 0.25) is 0 Å². The van der Waals surface area contributed by atoms with Crippen LogP contribution in [0, 0.1) is 10.1 Å². The van der Waals surface area contributed by atoms with E-state index in [1.54, 1.807) is 0 Å². The molecule has 0 aliphatic carbocycles. The van der Waals surface area contributed by atoms with Gasteiger partial charge in [-0.3, -0.25) is 10.1 Å². The second-order valence-corrected chi connectivity index (χ2v) is 3.35. The minimum absolute atomic E-state index is 0.0582. The Morgan fingerprint density at radius 2 is 2.29 bits per heavy atom. The number of aryl methyl sites for hydroxylation is 1. The molecule has 1 heterocycles. The van der Waals surface area contributed by atoms with Gasteiger partial charge in [0.15, 0.2) is 0 Å². The van der Waals surface area contributed by atoms with Crippen molar-refractivity contribution < 1.29 is 4.92 Å². The van der Waals surface area contributed by atoms with Crippen LogP contribution in [0.15, 0.2) is 12.1 Å². The molecule has 0 spiro atoms. The number of nitrogens with zero attached hydrogens (tertiary/aromatic N) is 2. The van der Waals surface area contributed by atoms with Gasteiger partial charge in [-0.05, 0) is 18.9 Å². The van der Waals surface area contributed by atoms with Crippen LogP contribution >= 0.6 is 11.6 Å². The summed E-state index contributed by atoms with van der Waals surface area (Å²) in [4.78, 5) is 14.2. The molecule has 76 valence electrons. The number of halogens is 1. The van der Waals surface area contributed by atoms with E-state index in [0.717, 1.165) is 12.8 Å². The van der Waals surface area contributed by atoms with E-state index in [9.17, 15) is 10.1 Å². The molecule has 0 amide bonds. The van der Waals surface area contributed by atoms with Gasteiger partial charge in [0, 0.05) is 6.07 Å². The number of unbranched alkanes of at least 4 members (excludes halogenated alkanes) is 1.